The van der Waals surface area contributed by atoms with Crippen LogP contribution in [0.4, 0.5) is 0 Å². The number of aromatic nitrogens is 1. The number of para-hydroxylation sites is 1. The molecule has 1 unspecified atom stereocenters. The first-order valence-electron chi connectivity index (χ1n) is 8.50. The molecule has 2 aromatic rings. The molecule has 0 saturated carbocycles. The predicted molar refractivity (Wildman–Crippen MR) is 99.9 cm³/mol. The van der Waals surface area contributed by atoms with Gasteiger partial charge in [0.15, 0.2) is 5.96 Å². The van der Waals surface area contributed by atoms with Crippen LogP contribution >= 0.6 is 0 Å². The number of nitrogens with one attached hydrogen (secondary N) is 2. The smallest absolute Gasteiger partial charge is 0.213 e. The number of nitrogens with zero attached hydrogens (tertiary/aromatic N) is 2. The molecule has 136 valence electrons. The second kappa shape index (κ2) is 8.55. The number of rotatable bonds is 6. The summed E-state index contributed by atoms with van der Waals surface area (Å²) in [5.41, 5.74) is -0.0462. The third-order valence-electron chi connectivity index (χ3n) is 3.56. The van der Waals surface area contributed by atoms with Crippen molar-refractivity contribution in [2.45, 2.75) is 45.8 Å². The topological polar surface area (TPSA) is 71.7 Å². The normalized spacial score (nSPS) is 13.4. The highest BCUT2D eigenvalue weighted by Gasteiger charge is 2.19. The van der Waals surface area contributed by atoms with Crippen LogP contribution in [0.5, 0.6) is 5.75 Å². The van der Waals surface area contributed by atoms with Gasteiger partial charge in [-0.05, 0) is 19.1 Å². The van der Waals surface area contributed by atoms with Gasteiger partial charge in [-0.25, -0.2) is 4.98 Å². The largest absolute Gasteiger partial charge is 0.489 e. The first-order chi connectivity index (χ1) is 11.9. The van der Waals surface area contributed by atoms with Crippen LogP contribution in [0.1, 0.15) is 39.3 Å². The maximum Gasteiger partial charge on any atom is 0.213 e. The van der Waals surface area contributed by atoms with Gasteiger partial charge in [-0.2, -0.15) is 0 Å². The highest BCUT2D eigenvalue weighted by molar-refractivity contribution is 5.79. The summed E-state index contributed by atoms with van der Waals surface area (Å²) in [4.78, 5) is 8.51. The number of guanidine groups is 1. The fraction of sp³-hybridized carbons (Fsp3) is 0.474. The molecule has 0 bridgehead atoms. The minimum Gasteiger partial charge on any atom is -0.489 e. The van der Waals surface area contributed by atoms with Crippen molar-refractivity contribution in [1.82, 2.24) is 15.6 Å². The first kappa shape index (κ1) is 18.8. The zero-order valence-corrected chi connectivity index (χ0v) is 15.7. The van der Waals surface area contributed by atoms with Crippen LogP contribution in [0.3, 0.4) is 0 Å². The van der Waals surface area contributed by atoms with Crippen molar-refractivity contribution in [3.8, 4) is 5.75 Å². The van der Waals surface area contributed by atoms with Crippen LogP contribution in [0.2, 0.25) is 0 Å². The van der Waals surface area contributed by atoms with Crippen LogP contribution in [-0.2, 0) is 12.0 Å². The number of ether oxygens (including phenoxy) is 1. The second-order valence-electron chi connectivity index (χ2n) is 6.92. The molecular weight excluding hydrogens is 316 g/mol. The third kappa shape index (κ3) is 6.14. The Morgan fingerprint density at radius 3 is 2.56 bits per heavy atom. The van der Waals surface area contributed by atoms with E-state index in [-0.39, 0.29) is 11.5 Å². The van der Waals surface area contributed by atoms with Gasteiger partial charge < -0.3 is 19.8 Å². The van der Waals surface area contributed by atoms with Crippen molar-refractivity contribution in [2.24, 2.45) is 4.99 Å². The molecule has 2 rings (SSSR count). The van der Waals surface area contributed by atoms with E-state index >= 15 is 0 Å². The van der Waals surface area contributed by atoms with Gasteiger partial charge in [-0.3, -0.25) is 4.99 Å². The molecule has 0 aliphatic rings. The number of oxazole rings is 1. The molecule has 1 heterocycles. The van der Waals surface area contributed by atoms with Gasteiger partial charge in [0, 0.05) is 12.5 Å². The number of hydrogen-bond donors (Lipinski definition) is 2. The molecule has 0 amide bonds. The van der Waals surface area contributed by atoms with Gasteiger partial charge in [-0.15, -0.1) is 0 Å². The average molecular weight is 344 g/mol. The molecule has 0 saturated heterocycles. The number of benzene rings is 1. The van der Waals surface area contributed by atoms with Gasteiger partial charge in [0.2, 0.25) is 5.89 Å². The Morgan fingerprint density at radius 2 is 1.96 bits per heavy atom. The molecule has 0 aliphatic carbocycles. The van der Waals surface area contributed by atoms with E-state index in [1.54, 1.807) is 13.2 Å². The Balaban J connectivity index is 1.78. The number of hydrogen-bond acceptors (Lipinski definition) is 4. The Labute approximate surface area is 149 Å². The van der Waals surface area contributed by atoms with Gasteiger partial charge in [-0.1, -0.05) is 39.0 Å². The first-order valence-corrected chi connectivity index (χ1v) is 8.50. The molecule has 0 spiro atoms. The summed E-state index contributed by atoms with van der Waals surface area (Å²) in [7, 11) is 1.73. The molecule has 0 aliphatic heterocycles. The molecule has 0 fully saturated rings. The van der Waals surface area contributed by atoms with Crippen molar-refractivity contribution >= 4 is 5.96 Å². The fourth-order valence-electron chi connectivity index (χ4n) is 2.13. The Kier molecular flexibility index (Phi) is 6.44. The summed E-state index contributed by atoms with van der Waals surface area (Å²) < 4.78 is 11.6. The lowest BCUT2D eigenvalue weighted by atomic mass is 9.94. The van der Waals surface area contributed by atoms with Crippen molar-refractivity contribution < 1.29 is 9.15 Å². The average Bonchev–Trinajstić information content (AvgIpc) is 3.05. The van der Waals surface area contributed by atoms with Crippen molar-refractivity contribution in [1.29, 1.82) is 0 Å². The molecule has 6 heteroatoms. The minimum atomic E-state index is -0.0462. The van der Waals surface area contributed by atoms with Gasteiger partial charge >= 0.3 is 0 Å². The third-order valence-corrected chi connectivity index (χ3v) is 3.56. The summed E-state index contributed by atoms with van der Waals surface area (Å²) in [5.74, 6) is 3.05. The molecule has 2 N–H and O–H groups in total. The van der Waals surface area contributed by atoms with Crippen LogP contribution in [0.15, 0.2) is 45.9 Å². The van der Waals surface area contributed by atoms with E-state index in [2.05, 4.69) is 41.4 Å². The molecule has 1 aromatic carbocycles. The standard InChI is InChI=1S/C19H28N4O2/c1-14(24-15-9-7-6-8-10-15)11-22-18(20-5)23-13-17-21-12-16(25-17)19(2,3)4/h6-10,12,14H,11,13H2,1-5H3,(H2,20,22,23). The van der Waals surface area contributed by atoms with E-state index in [9.17, 15) is 0 Å². The Hall–Kier alpha value is -2.50. The van der Waals surface area contributed by atoms with Crippen molar-refractivity contribution in [3.05, 3.63) is 48.2 Å². The quantitative estimate of drug-likeness (QED) is 0.622. The van der Waals surface area contributed by atoms with E-state index in [0.717, 1.165) is 11.5 Å². The highest BCUT2D eigenvalue weighted by Crippen LogP contribution is 2.22. The van der Waals surface area contributed by atoms with E-state index < -0.39 is 0 Å². The van der Waals surface area contributed by atoms with Gasteiger partial charge in [0.1, 0.15) is 17.6 Å². The second-order valence-corrected chi connectivity index (χ2v) is 6.92. The molecule has 0 radical (unpaired) electrons. The van der Waals surface area contributed by atoms with E-state index in [4.69, 9.17) is 9.15 Å². The predicted octanol–water partition coefficient (Wildman–Crippen LogP) is 3.10. The molecule has 25 heavy (non-hydrogen) atoms. The van der Waals surface area contributed by atoms with Gasteiger partial charge in [0.05, 0.1) is 19.3 Å². The molecular formula is C19H28N4O2. The molecule has 1 atom stereocenters. The summed E-state index contributed by atoms with van der Waals surface area (Å²) >= 11 is 0. The van der Waals surface area contributed by atoms with Crippen LogP contribution in [0.25, 0.3) is 0 Å². The SMILES string of the molecule is CN=C(NCc1ncc(C(C)(C)C)o1)NCC(C)Oc1ccccc1. The summed E-state index contributed by atoms with van der Waals surface area (Å²) in [6, 6.07) is 9.77. The zero-order valence-electron chi connectivity index (χ0n) is 15.7. The minimum absolute atomic E-state index is 0.00943. The Morgan fingerprint density at radius 1 is 1.24 bits per heavy atom. The van der Waals surface area contributed by atoms with Crippen molar-refractivity contribution in [2.75, 3.05) is 13.6 Å². The number of aliphatic imine (C=N–C) groups is 1. The fourth-order valence-corrected chi connectivity index (χ4v) is 2.13. The lowest BCUT2D eigenvalue weighted by Crippen LogP contribution is -2.41. The van der Waals surface area contributed by atoms with Crippen LogP contribution in [0, 0.1) is 0 Å². The maximum absolute atomic E-state index is 5.84. The van der Waals surface area contributed by atoms with E-state index in [0.29, 0.717) is 24.9 Å². The maximum atomic E-state index is 5.84. The highest BCUT2D eigenvalue weighted by atomic mass is 16.5. The van der Waals surface area contributed by atoms with Gasteiger partial charge in [0.25, 0.3) is 0 Å². The molecule has 1 aromatic heterocycles. The van der Waals surface area contributed by atoms with E-state index in [1.807, 2.05) is 37.3 Å². The monoisotopic (exact) mass is 344 g/mol. The summed E-state index contributed by atoms with van der Waals surface area (Å²) in [5, 5.41) is 6.44. The zero-order chi connectivity index (χ0) is 18.3. The summed E-state index contributed by atoms with van der Waals surface area (Å²) in [6.45, 7) is 9.41. The lowest BCUT2D eigenvalue weighted by Gasteiger charge is -2.17. The van der Waals surface area contributed by atoms with Crippen LogP contribution < -0.4 is 15.4 Å². The lowest BCUT2D eigenvalue weighted by molar-refractivity contribution is 0.224. The Bertz CT molecular complexity index is 674. The van der Waals surface area contributed by atoms with Crippen molar-refractivity contribution in [3.63, 3.8) is 0 Å². The summed E-state index contributed by atoms with van der Waals surface area (Å²) in [6.07, 6.45) is 1.79. The van der Waals surface area contributed by atoms with E-state index in [1.165, 1.54) is 0 Å². The van der Waals surface area contributed by atoms with Crippen LogP contribution in [-0.4, -0.2) is 30.6 Å². The molecule has 6 nitrogen and oxygen atoms in total.